The van der Waals surface area contributed by atoms with Gasteiger partial charge in [0.2, 0.25) is 6.79 Å². The van der Waals surface area contributed by atoms with Crippen molar-refractivity contribution in [1.29, 1.82) is 0 Å². The number of aryl methyl sites for hydroxylation is 1. The predicted octanol–water partition coefficient (Wildman–Crippen LogP) is 3.41. The lowest BCUT2D eigenvalue weighted by Crippen LogP contribution is -2.70. The van der Waals surface area contributed by atoms with Gasteiger partial charge in [0.1, 0.15) is 18.6 Å². The number of fused-ring (bicyclic) bond motifs is 9. The average Bonchev–Trinajstić information content (AvgIpc) is 3.63. The van der Waals surface area contributed by atoms with Crippen LogP contribution in [0, 0.1) is 13.8 Å². The maximum atomic E-state index is 14.7. The fourth-order valence-corrected chi connectivity index (χ4v) is 11.7. The van der Waals surface area contributed by atoms with Crippen LogP contribution in [0.5, 0.6) is 40.2 Å². The van der Waals surface area contributed by atoms with E-state index in [0.717, 1.165) is 16.7 Å². The lowest BCUT2D eigenvalue weighted by atomic mass is 9.73. The van der Waals surface area contributed by atoms with Gasteiger partial charge in [0.15, 0.2) is 40.0 Å². The zero-order valence-electron chi connectivity index (χ0n) is 30.8. The van der Waals surface area contributed by atoms with Crippen LogP contribution in [0.2, 0.25) is 0 Å². The Morgan fingerprint density at radius 1 is 1.02 bits per heavy atom. The van der Waals surface area contributed by atoms with Gasteiger partial charge in [-0.2, -0.15) is 0 Å². The number of carbonyl (C=O) groups excluding carboxylic acids is 2. The highest BCUT2D eigenvalue weighted by Crippen LogP contribution is 2.64. The monoisotopic (exact) mass is 761 g/mol. The van der Waals surface area contributed by atoms with Crippen LogP contribution in [0.25, 0.3) is 0 Å². The van der Waals surface area contributed by atoms with Crippen molar-refractivity contribution in [2.24, 2.45) is 0 Å². The predicted molar refractivity (Wildman–Crippen MR) is 195 cm³/mol. The number of hydrogen-bond donors (Lipinski definition) is 4. The molecule has 3 aromatic carbocycles. The third kappa shape index (κ3) is 4.74. The average molecular weight is 762 g/mol. The summed E-state index contributed by atoms with van der Waals surface area (Å²) in [6.45, 7) is 5.26. The van der Waals surface area contributed by atoms with Crippen LogP contribution in [-0.2, 0) is 32.7 Å². The summed E-state index contributed by atoms with van der Waals surface area (Å²) in [5.41, 5.74) is 4.36. The number of aromatic hydroxyl groups is 2. The molecule has 10 rings (SSSR count). The van der Waals surface area contributed by atoms with Gasteiger partial charge in [0, 0.05) is 47.5 Å². The summed E-state index contributed by atoms with van der Waals surface area (Å²) < 4.78 is 35.9. The summed E-state index contributed by atoms with van der Waals surface area (Å²) >= 11 is 1.47. The zero-order valence-corrected chi connectivity index (χ0v) is 31.7. The number of esters is 2. The van der Waals surface area contributed by atoms with Crippen molar-refractivity contribution in [2.75, 3.05) is 47.0 Å². The number of rotatable bonds is 3. The largest absolute Gasteiger partial charge is 0.504 e. The van der Waals surface area contributed by atoms with Crippen LogP contribution in [0.15, 0.2) is 18.2 Å². The lowest BCUT2D eigenvalue weighted by Gasteiger charge is -2.62. The number of hydrogen-bond acceptors (Lipinski definition) is 15. The molecule has 7 heterocycles. The SMILES string of the molecule is COc1cc2c(cc1O)CCN[C@]21CS[C@@H]2c3c(OC(C)=O)c(C)c4c(c3[C@H](COC1=O)N1C(O)[C@@H]3Cc5cc(C)c(OC)c(O)c5[C@H]([C@H]21)N3C)OCO4. The Bertz CT molecular complexity index is 2130. The number of aliphatic hydroxyl groups is 1. The Hall–Kier alpha value is -4.41. The van der Waals surface area contributed by atoms with E-state index in [1.54, 1.807) is 12.1 Å². The Balaban J connectivity index is 1.32. The van der Waals surface area contributed by atoms with Gasteiger partial charge in [-0.15, -0.1) is 11.8 Å². The highest BCUT2D eigenvalue weighted by Gasteiger charge is 2.61. The molecule has 0 amide bonds. The summed E-state index contributed by atoms with van der Waals surface area (Å²) in [5.74, 6) is 0.949. The van der Waals surface area contributed by atoms with Crippen molar-refractivity contribution in [3.8, 4) is 40.2 Å². The van der Waals surface area contributed by atoms with Crippen LogP contribution >= 0.6 is 11.8 Å². The number of piperazine rings is 1. The normalized spacial score (nSPS) is 29.4. The molecule has 0 aromatic heterocycles. The smallest absolute Gasteiger partial charge is 0.331 e. The molecule has 4 bridgehead atoms. The van der Waals surface area contributed by atoms with E-state index < -0.39 is 47.1 Å². The molecule has 3 aromatic rings. The van der Waals surface area contributed by atoms with E-state index in [-0.39, 0.29) is 42.4 Å². The molecule has 2 fully saturated rings. The fraction of sp³-hybridized carbons (Fsp3) is 0.487. The highest BCUT2D eigenvalue weighted by atomic mass is 32.2. The number of aliphatic hydroxyl groups excluding tert-OH is 1. The molecule has 7 aliphatic heterocycles. The standard InChI is InChI=1S/C39H43N3O11S/c1-16-9-20-10-22-37(46)42-23-13-50-38(47)39(21-12-25(48-5)24(44)11-19(21)7-8-40-39)14-54-36(30(42)29(41(22)4)26(20)31(45)32(16)49-6)28-27(23)35-34(51-15-52-35)17(2)33(28)53-18(3)43/h9,11-12,22-23,29-30,36-37,40,44-46H,7-8,10,13-15H2,1-6H3/t22-,23-,29+,30+,36+,37?,39+/m0/s1. The second-order valence-electron chi connectivity index (χ2n) is 14.9. The van der Waals surface area contributed by atoms with E-state index in [1.807, 2.05) is 31.9 Å². The first-order valence-corrected chi connectivity index (χ1v) is 19.1. The topological polar surface area (TPSA) is 169 Å². The van der Waals surface area contributed by atoms with Crippen molar-refractivity contribution in [2.45, 2.75) is 74.8 Å². The number of phenols is 2. The molecule has 1 spiro atoms. The Morgan fingerprint density at radius 2 is 1.80 bits per heavy atom. The molecule has 7 aliphatic rings. The quantitative estimate of drug-likeness (QED) is 0.226. The second-order valence-corrected chi connectivity index (χ2v) is 16.1. The summed E-state index contributed by atoms with van der Waals surface area (Å²) in [6, 6.07) is 3.13. The number of nitrogens with one attached hydrogen (secondary N) is 1. The van der Waals surface area contributed by atoms with E-state index in [2.05, 4.69) is 10.2 Å². The van der Waals surface area contributed by atoms with Crippen molar-refractivity contribution < 1.29 is 53.3 Å². The number of benzene rings is 3. The van der Waals surface area contributed by atoms with Gasteiger partial charge < -0.3 is 43.7 Å². The number of nitrogens with zero attached hydrogens (tertiary/aromatic N) is 2. The maximum absolute atomic E-state index is 14.7. The maximum Gasteiger partial charge on any atom is 0.331 e. The van der Waals surface area contributed by atoms with Crippen molar-refractivity contribution in [3.63, 3.8) is 0 Å². The highest BCUT2D eigenvalue weighted by molar-refractivity contribution is 7.99. The molecule has 7 atom stereocenters. The molecule has 1 unspecified atom stereocenters. The van der Waals surface area contributed by atoms with Gasteiger partial charge in [0.25, 0.3) is 0 Å². The first-order chi connectivity index (χ1) is 25.9. The number of carbonyl (C=O) groups is 2. The summed E-state index contributed by atoms with van der Waals surface area (Å²) in [6.07, 6.45) is -0.0282. The van der Waals surface area contributed by atoms with E-state index in [0.29, 0.717) is 70.2 Å². The number of phenolic OH excluding ortho intramolecular Hbond substituents is 2. The van der Waals surface area contributed by atoms with Crippen molar-refractivity contribution in [1.82, 2.24) is 15.1 Å². The number of thioether (sulfide) groups is 1. The van der Waals surface area contributed by atoms with Gasteiger partial charge in [-0.05, 0) is 68.1 Å². The van der Waals surface area contributed by atoms with Gasteiger partial charge in [-0.1, -0.05) is 6.07 Å². The first-order valence-electron chi connectivity index (χ1n) is 18.1. The minimum absolute atomic E-state index is 0.0226. The van der Waals surface area contributed by atoms with E-state index in [9.17, 15) is 24.9 Å². The van der Waals surface area contributed by atoms with E-state index in [4.69, 9.17) is 28.4 Å². The Morgan fingerprint density at radius 3 is 2.54 bits per heavy atom. The van der Waals surface area contributed by atoms with Crippen LogP contribution in [0.3, 0.4) is 0 Å². The molecule has 4 N–H and O–H groups in total. The van der Waals surface area contributed by atoms with Gasteiger partial charge in [-0.25, -0.2) is 4.79 Å². The second kappa shape index (κ2) is 12.6. The summed E-state index contributed by atoms with van der Waals surface area (Å²) in [7, 11) is 4.96. The summed E-state index contributed by atoms with van der Waals surface area (Å²) in [5, 5.41) is 38.2. The van der Waals surface area contributed by atoms with E-state index >= 15 is 0 Å². The van der Waals surface area contributed by atoms with Gasteiger partial charge >= 0.3 is 11.9 Å². The third-order valence-electron chi connectivity index (χ3n) is 12.3. The molecule has 15 heteroatoms. The molecular weight excluding hydrogens is 719 g/mol. The lowest BCUT2D eigenvalue weighted by molar-refractivity contribution is -0.186. The zero-order chi connectivity index (χ0) is 38.0. The molecule has 2 saturated heterocycles. The molecule has 0 radical (unpaired) electrons. The first kappa shape index (κ1) is 35.3. The van der Waals surface area contributed by atoms with Crippen LogP contribution in [-0.4, -0.2) is 102 Å². The molecule has 14 nitrogen and oxygen atoms in total. The molecule has 54 heavy (non-hydrogen) atoms. The Labute approximate surface area is 316 Å². The number of ether oxygens (including phenoxy) is 6. The molecular formula is C39H43N3O11S. The van der Waals surface area contributed by atoms with Crippen LogP contribution in [0.4, 0.5) is 0 Å². The number of methoxy groups -OCH3 is 2. The van der Waals surface area contributed by atoms with Gasteiger partial charge in [0.05, 0.1) is 37.6 Å². The van der Waals surface area contributed by atoms with Crippen molar-refractivity contribution >= 4 is 23.7 Å². The minimum Gasteiger partial charge on any atom is -0.504 e. The molecule has 0 saturated carbocycles. The fourth-order valence-electron chi connectivity index (χ4n) is 10.00. The molecule has 286 valence electrons. The number of likely N-dealkylation sites (N-methyl/N-ethyl adjacent to an activating group) is 1. The minimum atomic E-state index is -1.36. The molecule has 0 aliphatic carbocycles. The third-order valence-corrected chi connectivity index (χ3v) is 13.7. The van der Waals surface area contributed by atoms with E-state index in [1.165, 1.54) is 32.9 Å². The van der Waals surface area contributed by atoms with Crippen molar-refractivity contribution in [3.05, 3.63) is 62.7 Å². The Kier molecular flexibility index (Phi) is 8.21. The van der Waals surface area contributed by atoms with Crippen LogP contribution < -0.4 is 29.0 Å². The van der Waals surface area contributed by atoms with Crippen LogP contribution in [0.1, 0.15) is 68.8 Å². The van der Waals surface area contributed by atoms with Gasteiger partial charge in [-0.3, -0.25) is 19.9 Å². The summed E-state index contributed by atoms with van der Waals surface area (Å²) in [4.78, 5) is 31.7.